The molecule has 0 spiro atoms. The average Bonchev–Trinajstić information content (AvgIpc) is 2.77. The molecule has 1 aromatic heterocycles. The molecule has 0 unspecified atom stereocenters. The van der Waals surface area contributed by atoms with Gasteiger partial charge in [-0.1, -0.05) is 17.4 Å². The molecule has 0 saturated heterocycles. The molecule has 0 atom stereocenters. The van der Waals surface area contributed by atoms with Crippen molar-refractivity contribution in [3.63, 3.8) is 0 Å². The van der Waals surface area contributed by atoms with Gasteiger partial charge >= 0.3 is 5.69 Å². The Morgan fingerprint density at radius 3 is 2.74 bits per heavy atom. The molecule has 0 aliphatic rings. The zero-order chi connectivity index (χ0) is 14.0. The molecular weight excluding hydrogens is 291 g/mol. The number of hydrogen-bond donors (Lipinski definition) is 0. The van der Waals surface area contributed by atoms with E-state index in [1.165, 1.54) is 23.5 Å². The van der Waals surface area contributed by atoms with Crippen molar-refractivity contribution in [1.29, 1.82) is 0 Å². The van der Waals surface area contributed by atoms with Gasteiger partial charge in [-0.2, -0.15) is 4.39 Å². The van der Waals surface area contributed by atoms with Crippen LogP contribution in [0.1, 0.15) is 0 Å². The zero-order valence-corrected chi connectivity index (χ0v) is 11.7. The van der Waals surface area contributed by atoms with Crippen LogP contribution in [0.15, 0.2) is 27.4 Å². The molecule has 0 radical (unpaired) electrons. The molecule has 0 bridgehead atoms. The number of anilines is 1. The second-order valence-corrected chi connectivity index (χ2v) is 5.94. The summed E-state index contributed by atoms with van der Waals surface area (Å²) in [7, 11) is 3.64. The number of nitrogens with zero attached hydrogens (tertiary/aromatic N) is 4. The molecule has 2 aromatic rings. The summed E-state index contributed by atoms with van der Waals surface area (Å²) in [5.74, 6) is -0.854. The second kappa shape index (κ2) is 5.49. The standard InChI is InChI=1S/C10H9FN4O2S2/c1-14(2)9-12-13-10(19-9)18-7-5-3-4-6(11)8(7)15(16)17/h3-5H,1-2H3. The maximum absolute atomic E-state index is 13.4. The molecule has 9 heteroatoms. The molecule has 1 heterocycles. The van der Waals surface area contributed by atoms with Crippen molar-refractivity contribution in [1.82, 2.24) is 10.2 Å². The smallest absolute Gasteiger partial charge is 0.318 e. The highest BCUT2D eigenvalue weighted by atomic mass is 32.2. The van der Waals surface area contributed by atoms with Crippen molar-refractivity contribution in [2.75, 3.05) is 19.0 Å². The van der Waals surface area contributed by atoms with E-state index < -0.39 is 16.4 Å². The first-order valence-corrected chi connectivity index (χ1v) is 6.74. The minimum atomic E-state index is -0.854. The van der Waals surface area contributed by atoms with Crippen molar-refractivity contribution in [3.05, 3.63) is 34.1 Å². The number of hydrogen-bond acceptors (Lipinski definition) is 7. The van der Waals surface area contributed by atoms with Crippen molar-refractivity contribution < 1.29 is 9.31 Å². The van der Waals surface area contributed by atoms with E-state index in [9.17, 15) is 14.5 Å². The zero-order valence-electron chi connectivity index (χ0n) is 10.0. The van der Waals surface area contributed by atoms with E-state index in [1.54, 1.807) is 4.90 Å². The van der Waals surface area contributed by atoms with E-state index in [4.69, 9.17) is 0 Å². The van der Waals surface area contributed by atoms with Gasteiger partial charge in [0, 0.05) is 14.1 Å². The number of halogens is 1. The largest absolute Gasteiger partial charge is 0.353 e. The van der Waals surface area contributed by atoms with Gasteiger partial charge < -0.3 is 4.90 Å². The monoisotopic (exact) mass is 300 g/mol. The Hall–Kier alpha value is -1.74. The maximum Gasteiger partial charge on any atom is 0.318 e. The predicted molar refractivity (Wildman–Crippen MR) is 71.4 cm³/mol. The fourth-order valence-corrected chi connectivity index (χ4v) is 3.12. The predicted octanol–water partition coefficient (Wildman–Crippen LogP) is 2.80. The molecule has 100 valence electrons. The van der Waals surface area contributed by atoms with Crippen LogP contribution >= 0.6 is 23.1 Å². The molecule has 1 aromatic carbocycles. The van der Waals surface area contributed by atoms with E-state index in [1.807, 2.05) is 14.1 Å². The molecule has 6 nitrogen and oxygen atoms in total. The van der Waals surface area contributed by atoms with E-state index >= 15 is 0 Å². The summed E-state index contributed by atoms with van der Waals surface area (Å²) in [5, 5.41) is 19.4. The molecule has 0 amide bonds. The van der Waals surface area contributed by atoms with Gasteiger partial charge in [-0.05, 0) is 23.9 Å². The van der Waals surface area contributed by atoms with Crippen LogP contribution in [-0.4, -0.2) is 29.2 Å². The molecule has 0 aliphatic carbocycles. The fraction of sp³-hybridized carbons (Fsp3) is 0.200. The van der Waals surface area contributed by atoms with E-state index in [0.717, 1.165) is 17.8 Å². The molecule has 2 rings (SSSR count). The molecule has 0 fully saturated rings. The Morgan fingerprint density at radius 1 is 1.42 bits per heavy atom. The van der Waals surface area contributed by atoms with Gasteiger partial charge in [0.1, 0.15) is 0 Å². The van der Waals surface area contributed by atoms with Crippen molar-refractivity contribution >= 4 is 33.9 Å². The van der Waals surface area contributed by atoms with Crippen LogP contribution in [0.3, 0.4) is 0 Å². The van der Waals surface area contributed by atoms with Crippen LogP contribution in [0.5, 0.6) is 0 Å². The number of nitro groups is 1. The Bertz CT molecular complexity index is 617. The molecular formula is C10H9FN4O2S2. The lowest BCUT2D eigenvalue weighted by Gasteiger charge is -2.03. The van der Waals surface area contributed by atoms with E-state index in [0.29, 0.717) is 9.47 Å². The third-order valence-corrected chi connectivity index (χ3v) is 4.30. The fourth-order valence-electron chi connectivity index (χ4n) is 1.27. The molecule has 19 heavy (non-hydrogen) atoms. The van der Waals surface area contributed by atoms with E-state index in [2.05, 4.69) is 10.2 Å². The first kappa shape index (κ1) is 13.7. The first-order valence-electron chi connectivity index (χ1n) is 5.10. The minimum absolute atomic E-state index is 0.214. The van der Waals surface area contributed by atoms with Crippen molar-refractivity contribution in [3.8, 4) is 0 Å². The number of aromatic nitrogens is 2. The number of rotatable bonds is 4. The van der Waals surface area contributed by atoms with Crippen molar-refractivity contribution in [2.24, 2.45) is 0 Å². The third-order valence-electron chi connectivity index (χ3n) is 2.11. The lowest BCUT2D eigenvalue weighted by Crippen LogP contribution is -2.07. The summed E-state index contributed by atoms with van der Waals surface area (Å²) in [6.07, 6.45) is 0. The molecule has 0 N–H and O–H groups in total. The number of nitro benzene ring substituents is 1. The van der Waals surface area contributed by atoms with Crippen LogP contribution in [0.25, 0.3) is 0 Å². The van der Waals surface area contributed by atoms with Gasteiger partial charge in [0.2, 0.25) is 10.9 Å². The highest BCUT2D eigenvalue weighted by Crippen LogP contribution is 2.38. The highest BCUT2D eigenvalue weighted by molar-refractivity contribution is 8.01. The van der Waals surface area contributed by atoms with Crippen LogP contribution in [0.2, 0.25) is 0 Å². The average molecular weight is 300 g/mol. The Morgan fingerprint density at radius 2 is 2.16 bits per heavy atom. The Kier molecular flexibility index (Phi) is 3.96. The minimum Gasteiger partial charge on any atom is -0.353 e. The summed E-state index contributed by atoms with van der Waals surface area (Å²) < 4.78 is 14.0. The number of benzene rings is 1. The quantitative estimate of drug-likeness (QED) is 0.638. The maximum atomic E-state index is 13.4. The SMILES string of the molecule is CN(C)c1nnc(Sc2cccc(F)c2[N+](=O)[O-])s1. The number of para-hydroxylation sites is 1. The summed E-state index contributed by atoms with van der Waals surface area (Å²) >= 11 is 2.32. The van der Waals surface area contributed by atoms with Crippen LogP contribution in [-0.2, 0) is 0 Å². The lowest BCUT2D eigenvalue weighted by atomic mass is 10.3. The normalized spacial score (nSPS) is 10.5. The van der Waals surface area contributed by atoms with Gasteiger partial charge in [0.05, 0.1) is 9.82 Å². The second-order valence-electron chi connectivity index (χ2n) is 3.69. The first-order chi connectivity index (χ1) is 8.99. The third kappa shape index (κ3) is 2.99. The Labute approximate surface area is 116 Å². The van der Waals surface area contributed by atoms with Gasteiger partial charge in [-0.3, -0.25) is 10.1 Å². The topological polar surface area (TPSA) is 72.2 Å². The summed E-state index contributed by atoms with van der Waals surface area (Å²) in [6, 6.07) is 3.98. The molecule has 0 saturated carbocycles. The van der Waals surface area contributed by atoms with Gasteiger partial charge in [-0.15, -0.1) is 10.2 Å². The van der Waals surface area contributed by atoms with Crippen molar-refractivity contribution in [2.45, 2.75) is 9.24 Å². The van der Waals surface area contributed by atoms with Gasteiger partial charge in [0.25, 0.3) is 0 Å². The van der Waals surface area contributed by atoms with Gasteiger partial charge in [-0.25, -0.2) is 0 Å². The highest BCUT2D eigenvalue weighted by Gasteiger charge is 2.21. The molecule has 0 aliphatic heterocycles. The summed E-state index contributed by atoms with van der Waals surface area (Å²) in [4.78, 5) is 12.1. The van der Waals surface area contributed by atoms with Gasteiger partial charge in [0.15, 0.2) is 4.34 Å². The summed E-state index contributed by atoms with van der Waals surface area (Å²) in [5.41, 5.74) is -0.533. The lowest BCUT2D eigenvalue weighted by molar-refractivity contribution is -0.390. The Balaban J connectivity index is 2.32. The van der Waals surface area contributed by atoms with Crippen LogP contribution < -0.4 is 4.90 Å². The van der Waals surface area contributed by atoms with Crippen LogP contribution in [0, 0.1) is 15.9 Å². The summed E-state index contributed by atoms with van der Waals surface area (Å²) in [6.45, 7) is 0. The van der Waals surface area contributed by atoms with Crippen LogP contribution in [0.4, 0.5) is 15.2 Å². The van der Waals surface area contributed by atoms with E-state index in [-0.39, 0.29) is 4.90 Å².